The summed E-state index contributed by atoms with van der Waals surface area (Å²) < 4.78 is 10.5. The van der Waals surface area contributed by atoms with Crippen molar-refractivity contribution >= 4 is 18.0 Å². The average molecular weight is 370 g/mol. The van der Waals surface area contributed by atoms with Gasteiger partial charge >= 0.3 is 5.97 Å². The molecule has 0 bridgehead atoms. The summed E-state index contributed by atoms with van der Waals surface area (Å²) in [5.74, 6) is -0.292. The van der Waals surface area contributed by atoms with Crippen molar-refractivity contribution in [1.29, 1.82) is 5.26 Å². The molecule has 0 saturated heterocycles. The third-order valence-electron chi connectivity index (χ3n) is 4.55. The molecule has 27 heavy (non-hydrogen) atoms. The fourth-order valence-corrected chi connectivity index (χ4v) is 3.03. The summed E-state index contributed by atoms with van der Waals surface area (Å²) >= 11 is 0. The number of amides is 1. The zero-order chi connectivity index (χ0) is 19.7. The van der Waals surface area contributed by atoms with Gasteiger partial charge in [-0.2, -0.15) is 5.26 Å². The van der Waals surface area contributed by atoms with Crippen LogP contribution in [0.4, 0.5) is 0 Å². The summed E-state index contributed by atoms with van der Waals surface area (Å²) in [4.78, 5) is 24.3. The van der Waals surface area contributed by atoms with E-state index in [1.807, 2.05) is 31.2 Å². The third-order valence-corrected chi connectivity index (χ3v) is 4.55. The Balaban J connectivity index is 1.86. The van der Waals surface area contributed by atoms with Crippen LogP contribution in [-0.2, 0) is 14.3 Å². The summed E-state index contributed by atoms with van der Waals surface area (Å²) in [7, 11) is 0. The summed E-state index contributed by atoms with van der Waals surface area (Å²) in [5.41, 5.74) is -0.0214. The fourth-order valence-electron chi connectivity index (χ4n) is 3.03. The lowest BCUT2D eigenvalue weighted by molar-refractivity contribution is -0.150. The van der Waals surface area contributed by atoms with Crippen LogP contribution < -0.4 is 10.1 Å². The molecule has 6 heteroatoms. The van der Waals surface area contributed by atoms with E-state index >= 15 is 0 Å². The molecular formula is C21H26N2O4. The highest BCUT2D eigenvalue weighted by Crippen LogP contribution is 2.27. The molecule has 0 unspecified atom stereocenters. The third kappa shape index (κ3) is 6.14. The van der Waals surface area contributed by atoms with Gasteiger partial charge in [-0.1, -0.05) is 31.4 Å². The Labute approximate surface area is 160 Å². The number of carbonyl (C=O) groups is 2. The van der Waals surface area contributed by atoms with Crippen molar-refractivity contribution in [3.05, 3.63) is 35.9 Å². The summed E-state index contributed by atoms with van der Waals surface area (Å²) in [6.45, 7) is 4.01. The molecule has 1 fully saturated rings. The first-order valence-corrected chi connectivity index (χ1v) is 9.33. The smallest absolute Gasteiger partial charge is 0.331 e. The van der Waals surface area contributed by atoms with Crippen molar-refractivity contribution in [2.45, 2.75) is 57.6 Å². The summed E-state index contributed by atoms with van der Waals surface area (Å²) in [5, 5.41) is 12.2. The van der Waals surface area contributed by atoms with Crippen LogP contribution in [0.3, 0.4) is 0 Å². The second-order valence-corrected chi connectivity index (χ2v) is 6.66. The fraction of sp³-hybridized carbons (Fsp3) is 0.476. The van der Waals surface area contributed by atoms with Gasteiger partial charge in [0.25, 0.3) is 5.91 Å². The molecule has 0 spiro atoms. The standard InChI is InChI=1S/C21H26N2O4/c1-3-26-18-10-7-17(8-11-18)9-12-19(24)27-16(2)20(25)23-21(15-22)13-5-4-6-14-21/h7-12,16H,3-6,13-14H2,1-2H3,(H,23,25)/b12-9+/t16-/m1/s1. The van der Waals surface area contributed by atoms with Crippen LogP contribution in [0.25, 0.3) is 6.08 Å². The monoisotopic (exact) mass is 370 g/mol. The number of benzene rings is 1. The van der Waals surface area contributed by atoms with Gasteiger partial charge in [0.05, 0.1) is 12.7 Å². The lowest BCUT2D eigenvalue weighted by Crippen LogP contribution is -2.52. The van der Waals surface area contributed by atoms with E-state index in [0.29, 0.717) is 19.4 Å². The maximum absolute atomic E-state index is 12.3. The molecule has 1 atom stereocenters. The van der Waals surface area contributed by atoms with Crippen LogP contribution in [0.1, 0.15) is 51.5 Å². The second kappa shape index (κ2) is 9.77. The van der Waals surface area contributed by atoms with Crippen LogP contribution in [0.15, 0.2) is 30.3 Å². The summed E-state index contributed by atoms with van der Waals surface area (Å²) in [6.07, 6.45) is 6.08. The molecule has 2 rings (SSSR count). The van der Waals surface area contributed by atoms with Gasteiger partial charge in [-0.05, 0) is 50.5 Å². The molecule has 1 N–H and O–H groups in total. The Kier molecular flexibility index (Phi) is 7.42. The van der Waals surface area contributed by atoms with Crippen LogP contribution in [0.2, 0.25) is 0 Å². The van der Waals surface area contributed by atoms with Crippen molar-refractivity contribution in [2.24, 2.45) is 0 Å². The summed E-state index contributed by atoms with van der Waals surface area (Å²) in [6, 6.07) is 9.50. The molecule has 1 amide bonds. The lowest BCUT2D eigenvalue weighted by Gasteiger charge is -2.32. The van der Waals surface area contributed by atoms with Gasteiger partial charge in [0.15, 0.2) is 6.10 Å². The molecule has 1 aliphatic rings. The van der Waals surface area contributed by atoms with Crippen molar-refractivity contribution in [2.75, 3.05) is 6.61 Å². The van der Waals surface area contributed by atoms with E-state index in [1.165, 1.54) is 13.0 Å². The minimum Gasteiger partial charge on any atom is -0.494 e. The molecule has 1 aromatic rings. The Morgan fingerprint density at radius 3 is 2.52 bits per heavy atom. The Morgan fingerprint density at radius 2 is 1.93 bits per heavy atom. The predicted octanol–water partition coefficient (Wildman–Crippen LogP) is 3.37. The minimum absolute atomic E-state index is 0.443. The first kappa shape index (κ1) is 20.5. The molecule has 0 heterocycles. The first-order valence-electron chi connectivity index (χ1n) is 9.33. The van der Waals surface area contributed by atoms with Crippen molar-refractivity contribution in [3.8, 4) is 11.8 Å². The predicted molar refractivity (Wildman–Crippen MR) is 102 cm³/mol. The number of nitrogens with zero attached hydrogens (tertiary/aromatic N) is 1. The normalized spacial score (nSPS) is 16.9. The Hall–Kier alpha value is -2.81. The maximum Gasteiger partial charge on any atom is 0.331 e. The van der Waals surface area contributed by atoms with E-state index < -0.39 is 23.5 Å². The van der Waals surface area contributed by atoms with E-state index in [1.54, 1.807) is 6.08 Å². The molecular weight excluding hydrogens is 344 g/mol. The van der Waals surface area contributed by atoms with E-state index in [-0.39, 0.29) is 0 Å². The number of hydrogen-bond acceptors (Lipinski definition) is 5. The zero-order valence-electron chi connectivity index (χ0n) is 15.9. The van der Waals surface area contributed by atoms with Gasteiger partial charge < -0.3 is 14.8 Å². The topological polar surface area (TPSA) is 88.4 Å². The van der Waals surface area contributed by atoms with Crippen LogP contribution in [0.5, 0.6) is 5.75 Å². The highest BCUT2D eigenvalue weighted by Gasteiger charge is 2.35. The Bertz CT molecular complexity index is 713. The molecule has 0 aromatic heterocycles. The number of nitrogens with one attached hydrogen (secondary N) is 1. The van der Waals surface area contributed by atoms with Gasteiger partial charge in [0.2, 0.25) is 0 Å². The van der Waals surface area contributed by atoms with Crippen LogP contribution in [-0.4, -0.2) is 30.1 Å². The highest BCUT2D eigenvalue weighted by molar-refractivity contribution is 5.90. The second-order valence-electron chi connectivity index (χ2n) is 6.66. The van der Waals surface area contributed by atoms with E-state index in [2.05, 4.69) is 11.4 Å². The number of rotatable bonds is 7. The van der Waals surface area contributed by atoms with Crippen LogP contribution in [0, 0.1) is 11.3 Å². The number of hydrogen-bond donors (Lipinski definition) is 1. The average Bonchev–Trinajstić information content (AvgIpc) is 2.68. The number of nitriles is 1. The van der Waals surface area contributed by atoms with Crippen molar-refractivity contribution in [1.82, 2.24) is 5.32 Å². The molecule has 6 nitrogen and oxygen atoms in total. The molecule has 0 radical (unpaired) electrons. The quantitative estimate of drug-likeness (QED) is 0.587. The van der Waals surface area contributed by atoms with E-state index in [0.717, 1.165) is 30.6 Å². The van der Waals surface area contributed by atoms with Crippen molar-refractivity contribution in [3.63, 3.8) is 0 Å². The Morgan fingerprint density at radius 1 is 1.26 bits per heavy atom. The SMILES string of the molecule is CCOc1ccc(/C=C/C(=O)O[C@H](C)C(=O)NC2(C#N)CCCCC2)cc1. The van der Waals surface area contributed by atoms with Gasteiger partial charge in [-0.25, -0.2) is 4.79 Å². The largest absolute Gasteiger partial charge is 0.494 e. The molecule has 1 aromatic carbocycles. The number of carbonyl (C=O) groups excluding carboxylic acids is 2. The van der Waals surface area contributed by atoms with Crippen molar-refractivity contribution < 1.29 is 19.1 Å². The van der Waals surface area contributed by atoms with E-state index in [9.17, 15) is 14.9 Å². The lowest BCUT2D eigenvalue weighted by atomic mass is 9.83. The first-order chi connectivity index (χ1) is 13.0. The highest BCUT2D eigenvalue weighted by atomic mass is 16.5. The van der Waals surface area contributed by atoms with Gasteiger partial charge in [-0.3, -0.25) is 4.79 Å². The maximum atomic E-state index is 12.3. The number of ether oxygens (including phenoxy) is 2. The number of esters is 1. The van der Waals surface area contributed by atoms with Gasteiger partial charge in [0, 0.05) is 6.08 Å². The van der Waals surface area contributed by atoms with Gasteiger partial charge in [-0.15, -0.1) is 0 Å². The molecule has 1 aliphatic carbocycles. The molecule has 1 saturated carbocycles. The minimum atomic E-state index is -0.963. The van der Waals surface area contributed by atoms with Crippen LogP contribution >= 0.6 is 0 Å². The zero-order valence-corrected chi connectivity index (χ0v) is 15.9. The van der Waals surface area contributed by atoms with E-state index in [4.69, 9.17) is 9.47 Å². The molecule has 0 aliphatic heterocycles. The van der Waals surface area contributed by atoms with Gasteiger partial charge in [0.1, 0.15) is 11.3 Å². The molecule has 144 valence electrons.